The molecule has 0 fully saturated rings. The number of rotatable bonds is 1. The highest BCUT2D eigenvalue weighted by Gasteiger charge is 2.13. The van der Waals surface area contributed by atoms with Crippen LogP contribution in [-0.2, 0) is 0 Å². The fourth-order valence-electron chi connectivity index (χ4n) is 1.57. The maximum atomic E-state index is 13.8. The summed E-state index contributed by atoms with van der Waals surface area (Å²) in [7, 11) is 0. The van der Waals surface area contributed by atoms with Gasteiger partial charge in [0.25, 0.3) is 0 Å². The predicted octanol–water partition coefficient (Wildman–Crippen LogP) is 5.76. The van der Waals surface area contributed by atoms with E-state index < -0.39 is 0 Å². The zero-order chi connectivity index (χ0) is 12.6. The van der Waals surface area contributed by atoms with Crippen molar-refractivity contribution >= 4 is 34.8 Å². The van der Waals surface area contributed by atoms with Gasteiger partial charge in [-0.15, -0.1) is 0 Å². The molecule has 0 aliphatic heterocycles. The van der Waals surface area contributed by atoms with Gasteiger partial charge in [0, 0.05) is 11.1 Å². The Morgan fingerprint density at radius 1 is 0.882 bits per heavy atom. The monoisotopic (exact) mass is 288 g/mol. The van der Waals surface area contributed by atoms with Crippen LogP contribution in [0.1, 0.15) is 5.56 Å². The number of halogens is 4. The molecule has 0 N–H and O–H groups in total. The molecule has 0 saturated heterocycles. The average molecular weight is 290 g/mol. The summed E-state index contributed by atoms with van der Waals surface area (Å²) in [4.78, 5) is 0. The normalized spacial score (nSPS) is 10.6. The molecule has 0 saturated carbocycles. The average Bonchev–Trinajstić information content (AvgIpc) is 2.28. The van der Waals surface area contributed by atoms with Crippen molar-refractivity contribution in [3.05, 3.63) is 56.8 Å². The molecule has 0 bridgehead atoms. The molecule has 17 heavy (non-hydrogen) atoms. The van der Waals surface area contributed by atoms with Crippen LogP contribution in [0.5, 0.6) is 0 Å². The van der Waals surface area contributed by atoms with Crippen LogP contribution in [0.4, 0.5) is 4.39 Å². The van der Waals surface area contributed by atoms with Gasteiger partial charge >= 0.3 is 0 Å². The van der Waals surface area contributed by atoms with Crippen molar-refractivity contribution in [3.8, 4) is 11.1 Å². The Hall–Kier alpha value is -0.760. The van der Waals surface area contributed by atoms with Crippen molar-refractivity contribution in [2.24, 2.45) is 0 Å². The van der Waals surface area contributed by atoms with Gasteiger partial charge in [0.1, 0.15) is 5.82 Å². The topological polar surface area (TPSA) is 0 Å². The molecule has 2 rings (SSSR count). The Kier molecular flexibility index (Phi) is 3.62. The second-order valence-corrected chi connectivity index (χ2v) is 4.87. The molecular formula is C13H8Cl3F. The molecule has 0 unspecified atom stereocenters. The van der Waals surface area contributed by atoms with Crippen molar-refractivity contribution in [1.82, 2.24) is 0 Å². The van der Waals surface area contributed by atoms with Crippen molar-refractivity contribution in [3.63, 3.8) is 0 Å². The Morgan fingerprint density at radius 2 is 1.53 bits per heavy atom. The second kappa shape index (κ2) is 4.85. The summed E-state index contributed by atoms with van der Waals surface area (Å²) in [5.41, 5.74) is 1.81. The van der Waals surface area contributed by atoms with Gasteiger partial charge in [0.05, 0.1) is 15.1 Å². The zero-order valence-corrected chi connectivity index (χ0v) is 11.2. The van der Waals surface area contributed by atoms with Crippen molar-refractivity contribution in [1.29, 1.82) is 0 Å². The quantitative estimate of drug-likeness (QED) is 0.585. The summed E-state index contributed by atoms with van der Waals surface area (Å²) in [6, 6.07) is 8.20. The SMILES string of the molecule is Cc1ccc(-c2ccc(Cl)c(Cl)c2Cl)c(F)c1. The summed E-state index contributed by atoms with van der Waals surface area (Å²) in [5, 5.41) is 0.862. The fraction of sp³-hybridized carbons (Fsp3) is 0.0769. The third-order valence-electron chi connectivity index (χ3n) is 2.45. The lowest BCUT2D eigenvalue weighted by Crippen LogP contribution is -1.87. The molecule has 88 valence electrons. The van der Waals surface area contributed by atoms with E-state index in [1.807, 2.05) is 13.0 Å². The van der Waals surface area contributed by atoms with Crippen molar-refractivity contribution in [2.75, 3.05) is 0 Å². The van der Waals surface area contributed by atoms with Crippen LogP contribution in [-0.4, -0.2) is 0 Å². The first-order chi connectivity index (χ1) is 8.00. The van der Waals surface area contributed by atoms with E-state index in [1.54, 1.807) is 18.2 Å². The summed E-state index contributed by atoms with van der Waals surface area (Å²) in [6.07, 6.45) is 0. The molecular weight excluding hydrogens is 282 g/mol. The van der Waals surface area contributed by atoms with Gasteiger partial charge < -0.3 is 0 Å². The lowest BCUT2D eigenvalue weighted by molar-refractivity contribution is 0.630. The summed E-state index contributed by atoms with van der Waals surface area (Å²) < 4.78 is 13.8. The van der Waals surface area contributed by atoms with Gasteiger partial charge in [-0.25, -0.2) is 4.39 Å². The zero-order valence-electron chi connectivity index (χ0n) is 8.90. The van der Waals surface area contributed by atoms with Crippen LogP contribution < -0.4 is 0 Å². The summed E-state index contributed by atoms with van der Waals surface area (Å²) in [5.74, 6) is -0.328. The van der Waals surface area contributed by atoms with Crippen LogP contribution >= 0.6 is 34.8 Å². The molecule has 2 aromatic rings. The fourth-order valence-corrected chi connectivity index (χ4v) is 2.21. The van der Waals surface area contributed by atoms with E-state index in [2.05, 4.69) is 0 Å². The number of hydrogen-bond acceptors (Lipinski definition) is 0. The number of aryl methyl sites for hydroxylation is 1. The Morgan fingerprint density at radius 3 is 2.18 bits per heavy atom. The largest absolute Gasteiger partial charge is 0.206 e. The molecule has 0 aliphatic carbocycles. The highest BCUT2D eigenvalue weighted by Crippen LogP contribution is 2.38. The first-order valence-electron chi connectivity index (χ1n) is 4.90. The molecule has 0 atom stereocenters. The summed E-state index contributed by atoms with van der Waals surface area (Å²) in [6.45, 7) is 1.82. The van der Waals surface area contributed by atoms with Crippen LogP contribution in [0.3, 0.4) is 0 Å². The third kappa shape index (κ3) is 2.42. The minimum atomic E-state index is -0.328. The molecule has 0 aliphatic rings. The first kappa shape index (κ1) is 12.7. The van der Waals surface area contributed by atoms with Crippen molar-refractivity contribution < 1.29 is 4.39 Å². The third-order valence-corrected chi connectivity index (χ3v) is 3.74. The molecule has 0 amide bonds. The Labute approximate surface area is 114 Å². The maximum absolute atomic E-state index is 13.8. The molecule has 2 aromatic carbocycles. The smallest absolute Gasteiger partial charge is 0.131 e. The van der Waals surface area contributed by atoms with E-state index >= 15 is 0 Å². The minimum Gasteiger partial charge on any atom is -0.206 e. The van der Waals surface area contributed by atoms with Gasteiger partial charge in [-0.2, -0.15) is 0 Å². The molecule has 4 heteroatoms. The highest BCUT2D eigenvalue weighted by atomic mass is 35.5. The van der Waals surface area contributed by atoms with Crippen LogP contribution in [0.25, 0.3) is 11.1 Å². The summed E-state index contributed by atoms with van der Waals surface area (Å²) >= 11 is 17.8. The van der Waals surface area contributed by atoms with Gasteiger partial charge in [-0.3, -0.25) is 0 Å². The van der Waals surface area contributed by atoms with E-state index in [1.165, 1.54) is 6.07 Å². The Bertz CT molecular complexity index is 579. The van der Waals surface area contributed by atoms with Gasteiger partial charge in [-0.1, -0.05) is 53.0 Å². The van der Waals surface area contributed by atoms with E-state index in [9.17, 15) is 4.39 Å². The number of hydrogen-bond donors (Lipinski definition) is 0. The number of benzene rings is 2. The molecule has 0 nitrogen and oxygen atoms in total. The lowest BCUT2D eigenvalue weighted by Gasteiger charge is -2.09. The highest BCUT2D eigenvalue weighted by molar-refractivity contribution is 6.49. The van der Waals surface area contributed by atoms with E-state index in [0.29, 0.717) is 16.1 Å². The van der Waals surface area contributed by atoms with Gasteiger partial charge in [-0.05, 0) is 24.6 Å². The maximum Gasteiger partial charge on any atom is 0.131 e. The Balaban J connectivity index is 2.65. The van der Waals surface area contributed by atoms with E-state index in [-0.39, 0.29) is 15.9 Å². The lowest BCUT2D eigenvalue weighted by atomic mass is 10.0. The van der Waals surface area contributed by atoms with Crippen LogP contribution in [0.2, 0.25) is 15.1 Å². The van der Waals surface area contributed by atoms with Crippen LogP contribution in [0.15, 0.2) is 30.3 Å². The van der Waals surface area contributed by atoms with Crippen LogP contribution in [0, 0.1) is 12.7 Å². The molecule has 0 aromatic heterocycles. The molecule has 0 radical (unpaired) electrons. The molecule has 0 heterocycles. The van der Waals surface area contributed by atoms with Crippen molar-refractivity contribution in [2.45, 2.75) is 6.92 Å². The second-order valence-electron chi connectivity index (χ2n) is 3.71. The molecule has 0 spiro atoms. The van der Waals surface area contributed by atoms with Gasteiger partial charge in [0.2, 0.25) is 0 Å². The van der Waals surface area contributed by atoms with E-state index in [0.717, 1.165) is 5.56 Å². The van der Waals surface area contributed by atoms with Gasteiger partial charge in [0.15, 0.2) is 0 Å². The first-order valence-corrected chi connectivity index (χ1v) is 6.04. The van der Waals surface area contributed by atoms with E-state index in [4.69, 9.17) is 34.8 Å². The minimum absolute atomic E-state index is 0.241. The standard InChI is InChI=1S/C13H8Cl3F/c1-7-2-3-8(11(17)6-7)9-4-5-10(14)13(16)12(9)15/h2-6H,1H3. The predicted molar refractivity (Wildman–Crippen MR) is 71.6 cm³/mol.